The third-order valence-electron chi connectivity index (χ3n) is 5.98. The van der Waals surface area contributed by atoms with Crippen LogP contribution in [0, 0.1) is 5.92 Å². The molecule has 1 heterocycles. The van der Waals surface area contributed by atoms with Crippen molar-refractivity contribution in [3.8, 4) is 0 Å². The van der Waals surface area contributed by atoms with Gasteiger partial charge >= 0.3 is 11.9 Å². The molecule has 1 aliphatic rings. The van der Waals surface area contributed by atoms with Crippen LogP contribution in [-0.2, 0) is 14.3 Å². The molecule has 0 saturated carbocycles. The molecule has 0 spiro atoms. The number of carboxylic acids is 1. The van der Waals surface area contributed by atoms with Gasteiger partial charge in [-0.15, -0.1) is 0 Å². The van der Waals surface area contributed by atoms with Crippen molar-refractivity contribution in [1.29, 1.82) is 0 Å². The zero-order valence-electron chi connectivity index (χ0n) is 17.6. The molecule has 0 aliphatic carbocycles. The average molecular weight is 370 g/mol. The average Bonchev–Trinajstić information content (AvgIpc) is 2.50. The summed E-state index contributed by atoms with van der Waals surface area (Å²) in [6.45, 7) is 10.8. The van der Waals surface area contributed by atoms with E-state index in [4.69, 9.17) is 9.84 Å². The SMILES string of the molecule is CC(CCCCCCCC(=O)O)C(=O)OC1CC(C)(C)N(C)C(C)(C)C1. The molecule has 1 fully saturated rings. The number of carboxylic acid groups (broad SMARTS) is 1. The maximum absolute atomic E-state index is 12.5. The highest BCUT2D eigenvalue weighted by atomic mass is 16.5. The molecule has 0 aromatic rings. The molecule has 0 aromatic heterocycles. The van der Waals surface area contributed by atoms with Gasteiger partial charge in [0.25, 0.3) is 0 Å². The summed E-state index contributed by atoms with van der Waals surface area (Å²) in [6, 6.07) is 0. The van der Waals surface area contributed by atoms with Gasteiger partial charge in [-0.2, -0.15) is 0 Å². The van der Waals surface area contributed by atoms with Crippen molar-refractivity contribution in [2.45, 2.75) is 110 Å². The lowest BCUT2D eigenvalue weighted by molar-refractivity contribution is -0.163. The topological polar surface area (TPSA) is 66.8 Å². The highest BCUT2D eigenvalue weighted by molar-refractivity contribution is 5.72. The predicted octanol–water partition coefficient (Wildman–Crippen LogP) is 4.63. The molecule has 1 atom stereocenters. The second kappa shape index (κ2) is 9.72. The first-order chi connectivity index (χ1) is 12.0. The molecule has 5 nitrogen and oxygen atoms in total. The van der Waals surface area contributed by atoms with E-state index in [0.717, 1.165) is 51.4 Å². The number of nitrogens with zero attached hydrogens (tertiary/aromatic N) is 1. The Morgan fingerprint density at radius 3 is 2.08 bits per heavy atom. The van der Waals surface area contributed by atoms with E-state index in [1.165, 1.54) is 0 Å². The van der Waals surface area contributed by atoms with Gasteiger partial charge in [-0.05, 0) is 47.6 Å². The molecule has 0 aromatic carbocycles. The van der Waals surface area contributed by atoms with Gasteiger partial charge in [-0.1, -0.05) is 32.6 Å². The summed E-state index contributed by atoms with van der Waals surface area (Å²) >= 11 is 0. The van der Waals surface area contributed by atoms with Crippen molar-refractivity contribution in [3.05, 3.63) is 0 Å². The van der Waals surface area contributed by atoms with Gasteiger partial charge in [0.15, 0.2) is 0 Å². The monoisotopic (exact) mass is 369 g/mol. The third kappa shape index (κ3) is 7.26. The summed E-state index contributed by atoms with van der Waals surface area (Å²) in [4.78, 5) is 25.3. The molecule has 5 heteroatoms. The number of likely N-dealkylation sites (tertiary alicyclic amines) is 1. The number of hydrogen-bond donors (Lipinski definition) is 1. The second-order valence-corrected chi connectivity index (χ2v) is 9.25. The summed E-state index contributed by atoms with van der Waals surface area (Å²) < 4.78 is 5.86. The number of carbonyl (C=O) groups is 2. The molecule has 0 radical (unpaired) electrons. The van der Waals surface area contributed by atoms with Gasteiger partial charge in [-0.3, -0.25) is 14.5 Å². The molecule has 1 unspecified atom stereocenters. The lowest BCUT2D eigenvalue weighted by atomic mass is 9.78. The Morgan fingerprint density at radius 2 is 1.54 bits per heavy atom. The number of ether oxygens (including phenoxy) is 1. The van der Waals surface area contributed by atoms with E-state index in [9.17, 15) is 9.59 Å². The maximum Gasteiger partial charge on any atom is 0.308 e. The molecule has 26 heavy (non-hydrogen) atoms. The third-order valence-corrected chi connectivity index (χ3v) is 5.98. The number of hydrogen-bond acceptors (Lipinski definition) is 4. The van der Waals surface area contributed by atoms with E-state index in [0.29, 0.717) is 0 Å². The van der Waals surface area contributed by atoms with Crippen LogP contribution >= 0.6 is 0 Å². The van der Waals surface area contributed by atoms with Gasteiger partial charge in [0.1, 0.15) is 6.10 Å². The minimum atomic E-state index is -0.721. The Hall–Kier alpha value is -1.10. The highest BCUT2D eigenvalue weighted by Gasteiger charge is 2.44. The minimum Gasteiger partial charge on any atom is -0.481 e. The first kappa shape index (κ1) is 22.9. The van der Waals surface area contributed by atoms with E-state index in [1.54, 1.807) is 0 Å². The van der Waals surface area contributed by atoms with Crippen molar-refractivity contribution in [2.24, 2.45) is 5.92 Å². The Labute approximate surface area is 159 Å². The fourth-order valence-corrected chi connectivity index (χ4v) is 4.02. The van der Waals surface area contributed by atoms with Crippen molar-refractivity contribution >= 4 is 11.9 Å². The fraction of sp³-hybridized carbons (Fsp3) is 0.905. The first-order valence-electron chi connectivity index (χ1n) is 10.1. The van der Waals surface area contributed by atoms with Crippen LogP contribution in [0.4, 0.5) is 0 Å². The molecule has 1 aliphatic heterocycles. The van der Waals surface area contributed by atoms with Crippen LogP contribution in [0.15, 0.2) is 0 Å². The summed E-state index contributed by atoms with van der Waals surface area (Å²) in [5.41, 5.74) is 0.0395. The summed E-state index contributed by atoms with van der Waals surface area (Å²) in [5, 5.41) is 8.61. The molecule has 1 N–H and O–H groups in total. The van der Waals surface area contributed by atoms with Crippen LogP contribution < -0.4 is 0 Å². The molecule has 0 bridgehead atoms. The maximum atomic E-state index is 12.5. The summed E-state index contributed by atoms with van der Waals surface area (Å²) in [7, 11) is 2.15. The van der Waals surface area contributed by atoms with Crippen LogP contribution in [0.5, 0.6) is 0 Å². The van der Waals surface area contributed by atoms with Gasteiger partial charge in [-0.25, -0.2) is 0 Å². The van der Waals surface area contributed by atoms with Crippen LogP contribution in [0.25, 0.3) is 0 Å². The second-order valence-electron chi connectivity index (χ2n) is 9.25. The van der Waals surface area contributed by atoms with Gasteiger partial charge in [0.2, 0.25) is 0 Å². The number of esters is 1. The van der Waals surface area contributed by atoms with Crippen molar-refractivity contribution in [3.63, 3.8) is 0 Å². The van der Waals surface area contributed by atoms with E-state index >= 15 is 0 Å². The summed E-state index contributed by atoms with van der Waals surface area (Å²) in [5.74, 6) is -0.862. The van der Waals surface area contributed by atoms with E-state index in [1.807, 2.05) is 6.92 Å². The molecule has 152 valence electrons. The normalized spacial score (nSPS) is 21.3. The Balaban J connectivity index is 2.30. The van der Waals surface area contributed by atoms with Crippen LogP contribution in [-0.4, -0.2) is 46.2 Å². The number of rotatable bonds is 10. The van der Waals surface area contributed by atoms with Crippen molar-refractivity contribution in [2.75, 3.05) is 7.05 Å². The number of unbranched alkanes of at least 4 members (excludes halogenated alkanes) is 4. The number of carbonyl (C=O) groups excluding carboxylic acids is 1. The van der Waals surface area contributed by atoms with E-state index in [2.05, 4.69) is 39.6 Å². The highest BCUT2D eigenvalue weighted by Crippen LogP contribution is 2.38. The zero-order valence-corrected chi connectivity index (χ0v) is 17.6. The Bertz CT molecular complexity index is 455. The quantitative estimate of drug-likeness (QED) is 0.449. The molecule has 1 rings (SSSR count). The predicted molar refractivity (Wildman–Crippen MR) is 104 cm³/mol. The Morgan fingerprint density at radius 1 is 1.04 bits per heavy atom. The number of aliphatic carboxylic acids is 1. The van der Waals surface area contributed by atoms with Crippen LogP contribution in [0.2, 0.25) is 0 Å². The van der Waals surface area contributed by atoms with Gasteiger partial charge in [0.05, 0.1) is 5.92 Å². The smallest absolute Gasteiger partial charge is 0.308 e. The largest absolute Gasteiger partial charge is 0.481 e. The lowest BCUT2D eigenvalue weighted by Crippen LogP contribution is -2.60. The summed E-state index contributed by atoms with van der Waals surface area (Å²) in [6.07, 6.45) is 7.60. The van der Waals surface area contributed by atoms with Crippen molar-refractivity contribution in [1.82, 2.24) is 4.90 Å². The lowest BCUT2D eigenvalue weighted by Gasteiger charge is -2.53. The van der Waals surface area contributed by atoms with E-state index < -0.39 is 5.97 Å². The molecule has 1 saturated heterocycles. The Kier molecular flexibility index (Phi) is 8.58. The van der Waals surface area contributed by atoms with Crippen LogP contribution in [0.1, 0.15) is 92.4 Å². The molecule has 0 amide bonds. The standard InChI is InChI=1S/C21H39NO4/c1-16(12-10-8-7-9-11-13-18(23)24)19(25)26-17-14-20(2,3)22(6)21(4,5)15-17/h16-17H,7-15H2,1-6H3,(H,23,24). The first-order valence-corrected chi connectivity index (χ1v) is 10.1. The van der Waals surface area contributed by atoms with Gasteiger partial charge < -0.3 is 9.84 Å². The number of piperidine rings is 1. The fourth-order valence-electron chi connectivity index (χ4n) is 4.02. The molecular formula is C21H39NO4. The van der Waals surface area contributed by atoms with E-state index in [-0.39, 0.29) is 35.5 Å². The van der Waals surface area contributed by atoms with Crippen molar-refractivity contribution < 1.29 is 19.4 Å². The minimum absolute atomic E-state index is 0.0119. The van der Waals surface area contributed by atoms with Crippen LogP contribution in [0.3, 0.4) is 0 Å². The molecular weight excluding hydrogens is 330 g/mol. The van der Waals surface area contributed by atoms with Gasteiger partial charge in [0, 0.05) is 30.3 Å². The zero-order chi connectivity index (χ0) is 20.0.